The molecule has 28 heavy (non-hydrogen) atoms. The van der Waals surface area contributed by atoms with Crippen LogP contribution < -0.4 is 5.43 Å². The van der Waals surface area contributed by atoms with Crippen LogP contribution in [0, 0.1) is 10.1 Å². The van der Waals surface area contributed by atoms with Gasteiger partial charge < -0.3 is 9.32 Å². The van der Waals surface area contributed by atoms with Gasteiger partial charge in [-0.2, -0.15) is 5.10 Å². The summed E-state index contributed by atoms with van der Waals surface area (Å²) in [5.74, 6) is -0.382. The van der Waals surface area contributed by atoms with Gasteiger partial charge in [0.1, 0.15) is 4.92 Å². The molecule has 1 N–H and O–H groups in total. The molecular formula is C19H23N5O4. The topological polar surface area (TPSA) is 104 Å². The highest BCUT2D eigenvalue weighted by Gasteiger charge is 2.18. The first-order valence-electron chi connectivity index (χ1n) is 9.15. The van der Waals surface area contributed by atoms with Crippen LogP contribution in [0.1, 0.15) is 11.3 Å². The van der Waals surface area contributed by atoms with Gasteiger partial charge in [-0.3, -0.25) is 19.8 Å². The molecule has 148 valence electrons. The van der Waals surface area contributed by atoms with Gasteiger partial charge in [0.15, 0.2) is 5.76 Å². The monoisotopic (exact) mass is 385 g/mol. The molecule has 0 saturated carbocycles. The Morgan fingerprint density at radius 3 is 2.54 bits per heavy atom. The first-order chi connectivity index (χ1) is 13.6. The molecule has 0 unspecified atom stereocenters. The minimum Gasteiger partial charge on any atom is -0.400 e. The van der Waals surface area contributed by atoms with Gasteiger partial charge in [-0.25, -0.2) is 5.43 Å². The Hall–Kier alpha value is -3.04. The maximum absolute atomic E-state index is 12.0. The van der Waals surface area contributed by atoms with Gasteiger partial charge in [0.05, 0.1) is 18.8 Å². The second-order valence-corrected chi connectivity index (χ2v) is 6.58. The van der Waals surface area contributed by atoms with E-state index in [9.17, 15) is 14.9 Å². The summed E-state index contributed by atoms with van der Waals surface area (Å²) < 4.78 is 4.93. The largest absolute Gasteiger partial charge is 0.433 e. The quantitative estimate of drug-likeness (QED) is 0.419. The Bertz CT molecular complexity index is 813. The van der Waals surface area contributed by atoms with Crippen LogP contribution in [0.15, 0.2) is 52.0 Å². The fourth-order valence-corrected chi connectivity index (χ4v) is 3.02. The van der Waals surface area contributed by atoms with E-state index in [0.717, 1.165) is 39.1 Å². The van der Waals surface area contributed by atoms with Crippen molar-refractivity contribution >= 4 is 18.0 Å². The number of rotatable bonds is 8. The van der Waals surface area contributed by atoms with Gasteiger partial charge in [0.2, 0.25) is 0 Å². The minimum absolute atomic E-state index is 0.207. The van der Waals surface area contributed by atoms with Crippen LogP contribution in [0.4, 0.5) is 5.88 Å². The Kier molecular flexibility index (Phi) is 6.88. The average molecular weight is 385 g/mol. The van der Waals surface area contributed by atoms with Gasteiger partial charge in [-0.15, -0.1) is 0 Å². The van der Waals surface area contributed by atoms with Crippen LogP contribution in [0.3, 0.4) is 0 Å². The molecule has 1 aromatic carbocycles. The zero-order valence-corrected chi connectivity index (χ0v) is 15.5. The summed E-state index contributed by atoms with van der Waals surface area (Å²) in [4.78, 5) is 26.4. The van der Waals surface area contributed by atoms with Crippen molar-refractivity contribution < 1.29 is 14.1 Å². The SMILES string of the molecule is O=C(CN1CCN(CCc2ccccc2)CC1)N/N=C\c1ccc([N+](=O)[O-])o1. The molecule has 0 bridgehead atoms. The lowest BCUT2D eigenvalue weighted by molar-refractivity contribution is -0.402. The number of furan rings is 1. The smallest absolute Gasteiger partial charge is 0.400 e. The predicted molar refractivity (Wildman–Crippen MR) is 104 cm³/mol. The van der Waals surface area contributed by atoms with E-state index in [-0.39, 0.29) is 24.1 Å². The van der Waals surface area contributed by atoms with E-state index < -0.39 is 4.92 Å². The Labute approximate surface area is 162 Å². The summed E-state index contributed by atoms with van der Waals surface area (Å²) in [7, 11) is 0. The van der Waals surface area contributed by atoms with E-state index in [1.54, 1.807) is 0 Å². The maximum atomic E-state index is 12.0. The van der Waals surface area contributed by atoms with Crippen LogP contribution >= 0.6 is 0 Å². The zero-order chi connectivity index (χ0) is 19.8. The van der Waals surface area contributed by atoms with Gasteiger partial charge in [-0.05, 0) is 18.1 Å². The zero-order valence-electron chi connectivity index (χ0n) is 15.5. The molecule has 0 aliphatic carbocycles. The standard InChI is InChI=1S/C19H23N5O4/c25-18(21-20-14-17-6-7-19(28-17)24(26)27)15-23-12-10-22(11-13-23)9-8-16-4-2-1-3-5-16/h1-7,14H,8-13,15H2,(H,21,25)/b20-14-. The van der Waals surface area contributed by atoms with Crippen molar-refractivity contribution in [1.29, 1.82) is 0 Å². The first-order valence-corrected chi connectivity index (χ1v) is 9.15. The molecule has 3 rings (SSSR count). The molecule has 1 aliphatic rings. The summed E-state index contributed by atoms with van der Waals surface area (Å²) in [5, 5.41) is 14.3. The number of hydrogen-bond donors (Lipinski definition) is 1. The molecule has 1 aliphatic heterocycles. The summed E-state index contributed by atoms with van der Waals surface area (Å²) >= 11 is 0. The maximum Gasteiger partial charge on any atom is 0.433 e. The summed E-state index contributed by atoms with van der Waals surface area (Å²) in [6.07, 6.45) is 2.27. The van der Waals surface area contributed by atoms with E-state index >= 15 is 0 Å². The molecule has 1 aromatic heterocycles. The highest BCUT2D eigenvalue weighted by atomic mass is 16.6. The van der Waals surface area contributed by atoms with Crippen LogP contribution in [0.2, 0.25) is 0 Å². The average Bonchev–Trinajstić information content (AvgIpc) is 3.18. The number of carbonyl (C=O) groups is 1. The fourth-order valence-electron chi connectivity index (χ4n) is 3.02. The van der Waals surface area contributed by atoms with E-state index in [1.165, 1.54) is 23.9 Å². The van der Waals surface area contributed by atoms with Gasteiger partial charge in [0, 0.05) is 32.7 Å². The molecule has 1 saturated heterocycles. The number of nitro groups is 1. The van der Waals surface area contributed by atoms with Crippen LogP contribution in [0.25, 0.3) is 0 Å². The summed E-state index contributed by atoms with van der Waals surface area (Å²) in [6.45, 7) is 4.80. The first kappa shape index (κ1) is 19.7. The Balaban J connectivity index is 1.34. The number of carbonyl (C=O) groups excluding carboxylic acids is 1. The van der Waals surface area contributed by atoms with E-state index in [4.69, 9.17) is 4.42 Å². The number of hydrogen-bond acceptors (Lipinski definition) is 7. The van der Waals surface area contributed by atoms with E-state index in [2.05, 4.69) is 44.6 Å². The number of nitrogens with one attached hydrogen (secondary N) is 1. The number of hydrazone groups is 1. The van der Waals surface area contributed by atoms with Crippen molar-refractivity contribution in [1.82, 2.24) is 15.2 Å². The lowest BCUT2D eigenvalue weighted by Gasteiger charge is -2.34. The molecule has 2 heterocycles. The molecule has 9 heteroatoms. The van der Waals surface area contributed by atoms with E-state index in [1.807, 2.05) is 6.07 Å². The van der Waals surface area contributed by atoms with Crippen LogP contribution in [-0.2, 0) is 11.2 Å². The second kappa shape index (κ2) is 9.77. The fraction of sp³-hybridized carbons (Fsp3) is 0.368. The Morgan fingerprint density at radius 1 is 1.14 bits per heavy atom. The van der Waals surface area contributed by atoms with Crippen molar-refractivity contribution in [2.24, 2.45) is 5.10 Å². The number of amides is 1. The van der Waals surface area contributed by atoms with Gasteiger partial charge in [0.25, 0.3) is 5.91 Å². The van der Waals surface area contributed by atoms with Crippen molar-refractivity contribution in [3.8, 4) is 0 Å². The minimum atomic E-state index is -0.630. The van der Waals surface area contributed by atoms with Crippen molar-refractivity contribution in [3.05, 3.63) is 63.9 Å². The summed E-state index contributed by atoms with van der Waals surface area (Å²) in [6, 6.07) is 13.1. The molecule has 1 fully saturated rings. The molecule has 0 spiro atoms. The number of piperazine rings is 1. The van der Waals surface area contributed by atoms with Gasteiger partial charge in [-0.1, -0.05) is 30.3 Å². The van der Waals surface area contributed by atoms with E-state index in [0.29, 0.717) is 0 Å². The third kappa shape index (κ3) is 6.00. The molecule has 2 aromatic rings. The molecule has 0 atom stereocenters. The van der Waals surface area contributed by atoms with Crippen molar-refractivity contribution in [2.75, 3.05) is 39.3 Å². The Morgan fingerprint density at radius 2 is 1.86 bits per heavy atom. The molecule has 1 amide bonds. The molecular weight excluding hydrogens is 362 g/mol. The van der Waals surface area contributed by atoms with Crippen LogP contribution in [-0.4, -0.2) is 66.1 Å². The third-order valence-electron chi connectivity index (χ3n) is 4.57. The number of nitrogens with zero attached hydrogens (tertiary/aromatic N) is 4. The second-order valence-electron chi connectivity index (χ2n) is 6.58. The van der Waals surface area contributed by atoms with Crippen LogP contribution in [0.5, 0.6) is 0 Å². The van der Waals surface area contributed by atoms with Gasteiger partial charge >= 0.3 is 5.88 Å². The molecule has 0 radical (unpaired) electrons. The summed E-state index contributed by atoms with van der Waals surface area (Å²) in [5.41, 5.74) is 3.76. The lowest BCUT2D eigenvalue weighted by atomic mass is 10.1. The highest BCUT2D eigenvalue weighted by molar-refractivity contribution is 5.81. The highest BCUT2D eigenvalue weighted by Crippen LogP contribution is 2.13. The third-order valence-corrected chi connectivity index (χ3v) is 4.57. The normalized spacial score (nSPS) is 15.7. The lowest BCUT2D eigenvalue weighted by Crippen LogP contribution is -2.49. The predicted octanol–water partition coefficient (Wildman–Crippen LogP) is 1.50. The van der Waals surface area contributed by atoms with Crippen molar-refractivity contribution in [3.63, 3.8) is 0 Å². The number of benzene rings is 1. The van der Waals surface area contributed by atoms with Crippen molar-refractivity contribution in [2.45, 2.75) is 6.42 Å². The molecule has 9 nitrogen and oxygen atoms in total.